The maximum atomic E-state index is 11.9. The lowest BCUT2D eigenvalue weighted by Gasteiger charge is -2.27. The lowest BCUT2D eigenvalue weighted by molar-refractivity contribution is -0.141. The Morgan fingerprint density at radius 2 is 2.12 bits per heavy atom. The van der Waals surface area contributed by atoms with Gasteiger partial charge in [-0.1, -0.05) is 0 Å². The number of carboxylic acid groups (broad SMARTS) is 1. The molecule has 0 saturated carbocycles. The van der Waals surface area contributed by atoms with Gasteiger partial charge in [0.25, 0.3) is 0 Å². The summed E-state index contributed by atoms with van der Waals surface area (Å²) >= 11 is 0. The number of rotatable bonds is 2. The summed E-state index contributed by atoms with van der Waals surface area (Å²) in [6.07, 6.45) is 3.14. The lowest BCUT2D eigenvalue weighted by atomic mass is 10.1. The van der Waals surface area contributed by atoms with E-state index >= 15 is 0 Å². The van der Waals surface area contributed by atoms with Crippen LogP contribution < -0.4 is 5.32 Å². The minimum atomic E-state index is -0.919. The number of hydrogen-bond donors (Lipinski definition) is 2. The van der Waals surface area contributed by atoms with Crippen molar-refractivity contribution in [1.82, 2.24) is 10.2 Å². The van der Waals surface area contributed by atoms with Crippen molar-refractivity contribution in [3.05, 3.63) is 0 Å². The summed E-state index contributed by atoms with van der Waals surface area (Å²) in [6.45, 7) is 1.79. The number of amides is 2. The van der Waals surface area contributed by atoms with Crippen molar-refractivity contribution in [2.45, 2.75) is 37.8 Å². The van der Waals surface area contributed by atoms with E-state index in [0.717, 1.165) is 25.9 Å². The topological polar surface area (TPSA) is 78.9 Å². The molecule has 6 nitrogen and oxygen atoms in total. The molecule has 2 fully saturated rings. The van der Waals surface area contributed by atoms with Crippen LogP contribution in [0.2, 0.25) is 0 Å². The first kappa shape index (κ1) is 12.2. The van der Waals surface area contributed by atoms with Crippen LogP contribution in [0.25, 0.3) is 0 Å². The Morgan fingerprint density at radius 3 is 2.76 bits per heavy atom. The molecule has 1 unspecified atom stereocenters. The van der Waals surface area contributed by atoms with Crippen LogP contribution in [-0.4, -0.2) is 53.8 Å². The Morgan fingerprint density at radius 1 is 1.29 bits per heavy atom. The molecule has 96 valence electrons. The predicted octanol–water partition coefficient (Wildman–Crippen LogP) is 0.424. The zero-order chi connectivity index (χ0) is 12.3. The SMILES string of the molecule is O=C(O)[C@@H]1CCCN1C(=O)NC1CCCOC1. The van der Waals surface area contributed by atoms with Crippen LogP contribution in [0.1, 0.15) is 25.7 Å². The molecule has 2 atom stereocenters. The van der Waals surface area contributed by atoms with E-state index in [1.807, 2.05) is 0 Å². The van der Waals surface area contributed by atoms with Crippen LogP contribution in [0.3, 0.4) is 0 Å². The standard InChI is InChI=1S/C11H18N2O4/c14-10(15)9-4-1-5-13(9)11(16)12-8-3-2-6-17-7-8/h8-9H,1-7H2,(H,12,16)(H,14,15)/t8?,9-/m0/s1. The van der Waals surface area contributed by atoms with Gasteiger partial charge in [0.2, 0.25) is 0 Å². The zero-order valence-electron chi connectivity index (χ0n) is 9.72. The largest absolute Gasteiger partial charge is 0.480 e. The molecule has 2 heterocycles. The Bertz CT molecular complexity index is 302. The Balaban J connectivity index is 1.88. The van der Waals surface area contributed by atoms with E-state index in [0.29, 0.717) is 19.6 Å². The van der Waals surface area contributed by atoms with Crippen molar-refractivity contribution >= 4 is 12.0 Å². The van der Waals surface area contributed by atoms with Gasteiger partial charge < -0.3 is 20.1 Å². The number of nitrogens with zero attached hydrogens (tertiary/aromatic N) is 1. The van der Waals surface area contributed by atoms with Gasteiger partial charge in [0.1, 0.15) is 6.04 Å². The fourth-order valence-electron chi connectivity index (χ4n) is 2.38. The van der Waals surface area contributed by atoms with Crippen molar-refractivity contribution in [3.8, 4) is 0 Å². The molecule has 2 amide bonds. The summed E-state index contributed by atoms with van der Waals surface area (Å²) in [5.74, 6) is -0.919. The van der Waals surface area contributed by atoms with Gasteiger partial charge in [-0.2, -0.15) is 0 Å². The molecule has 2 saturated heterocycles. The van der Waals surface area contributed by atoms with Gasteiger partial charge in [-0.25, -0.2) is 9.59 Å². The molecule has 2 aliphatic rings. The maximum Gasteiger partial charge on any atom is 0.326 e. The van der Waals surface area contributed by atoms with Crippen molar-refractivity contribution < 1.29 is 19.4 Å². The summed E-state index contributed by atoms with van der Waals surface area (Å²) in [4.78, 5) is 24.3. The first-order chi connectivity index (χ1) is 8.18. The number of urea groups is 1. The Hall–Kier alpha value is -1.30. The molecule has 0 aromatic rings. The molecule has 2 rings (SSSR count). The van der Waals surface area contributed by atoms with Crippen LogP contribution in [0.5, 0.6) is 0 Å². The molecule has 6 heteroatoms. The fraction of sp³-hybridized carbons (Fsp3) is 0.818. The van der Waals surface area contributed by atoms with E-state index in [1.54, 1.807) is 0 Å². The second kappa shape index (κ2) is 5.35. The molecule has 0 spiro atoms. The van der Waals surface area contributed by atoms with Crippen LogP contribution in [0, 0.1) is 0 Å². The van der Waals surface area contributed by atoms with Gasteiger partial charge in [0.05, 0.1) is 12.6 Å². The Kier molecular flexibility index (Phi) is 3.83. The second-order valence-corrected chi connectivity index (χ2v) is 4.55. The monoisotopic (exact) mass is 242 g/mol. The highest BCUT2D eigenvalue weighted by Gasteiger charge is 2.34. The third-order valence-electron chi connectivity index (χ3n) is 3.29. The number of ether oxygens (including phenoxy) is 1. The van der Waals surface area contributed by atoms with Crippen LogP contribution in [0.4, 0.5) is 4.79 Å². The number of hydrogen-bond acceptors (Lipinski definition) is 3. The summed E-state index contributed by atoms with van der Waals surface area (Å²) in [5, 5.41) is 11.8. The minimum absolute atomic E-state index is 0.0197. The number of carbonyl (C=O) groups excluding carboxylic acids is 1. The molecular weight excluding hydrogens is 224 g/mol. The molecule has 0 aromatic heterocycles. The maximum absolute atomic E-state index is 11.9. The summed E-state index contributed by atoms with van der Waals surface area (Å²) in [7, 11) is 0. The van der Waals surface area contributed by atoms with Gasteiger partial charge in [0, 0.05) is 13.2 Å². The van der Waals surface area contributed by atoms with E-state index in [4.69, 9.17) is 9.84 Å². The van der Waals surface area contributed by atoms with E-state index < -0.39 is 12.0 Å². The highest BCUT2D eigenvalue weighted by atomic mass is 16.5. The molecule has 2 N–H and O–H groups in total. The zero-order valence-corrected chi connectivity index (χ0v) is 9.72. The number of nitrogens with one attached hydrogen (secondary N) is 1. The van der Waals surface area contributed by atoms with Crippen LogP contribution >= 0.6 is 0 Å². The highest BCUT2D eigenvalue weighted by molar-refractivity contribution is 5.83. The number of carbonyl (C=O) groups is 2. The average Bonchev–Trinajstić information content (AvgIpc) is 2.79. The van der Waals surface area contributed by atoms with Crippen molar-refractivity contribution in [3.63, 3.8) is 0 Å². The third kappa shape index (κ3) is 2.88. The quantitative estimate of drug-likeness (QED) is 0.735. The van der Waals surface area contributed by atoms with Gasteiger partial charge >= 0.3 is 12.0 Å². The first-order valence-corrected chi connectivity index (χ1v) is 6.06. The predicted molar refractivity (Wildman–Crippen MR) is 59.7 cm³/mol. The number of aliphatic carboxylic acids is 1. The van der Waals surface area contributed by atoms with Gasteiger partial charge in [-0.05, 0) is 25.7 Å². The summed E-state index contributed by atoms with van der Waals surface area (Å²) in [5.41, 5.74) is 0. The fourth-order valence-corrected chi connectivity index (χ4v) is 2.38. The summed E-state index contributed by atoms with van der Waals surface area (Å²) < 4.78 is 5.27. The minimum Gasteiger partial charge on any atom is -0.480 e. The van der Waals surface area contributed by atoms with E-state index in [-0.39, 0.29) is 12.1 Å². The molecular formula is C11H18N2O4. The molecule has 2 aliphatic heterocycles. The van der Waals surface area contributed by atoms with E-state index in [9.17, 15) is 9.59 Å². The van der Waals surface area contributed by atoms with Crippen molar-refractivity contribution in [2.24, 2.45) is 0 Å². The van der Waals surface area contributed by atoms with Gasteiger partial charge in [0.15, 0.2) is 0 Å². The molecule has 0 radical (unpaired) electrons. The molecule has 0 aromatic carbocycles. The molecule has 0 bridgehead atoms. The Labute approximate surface area is 99.9 Å². The van der Waals surface area contributed by atoms with Crippen LogP contribution in [-0.2, 0) is 9.53 Å². The lowest BCUT2D eigenvalue weighted by Crippen LogP contribution is -2.50. The van der Waals surface area contributed by atoms with Gasteiger partial charge in [-0.15, -0.1) is 0 Å². The molecule has 0 aliphatic carbocycles. The van der Waals surface area contributed by atoms with E-state index in [2.05, 4.69) is 5.32 Å². The van der Waals surface area contributed by atoms with Crippen molar-refractivity contribution in [2.75, 3.05) is 19.8 Å². The number of likely N-dealkylation sites (tertiary alicyclic amines) is 1. The normalized spacial score (nSPS) is 29.1. The average molecular weight is 242 g/mol. The number of carboxylic acids is 1. The van der Waals surface area contributed by atoms with Crippen molar-refractivity contribution in [1.29, 1.82) is 0 Å². The first-order valence-electron chi connectivity index (χ1n) is 6.06. The van der Waals surface area contributed by atoms with Crippen LogP contribution in [0.15, 0.2) is 0 Å². The van der Waals surface area contributed by atoms with Gasteiger partial charge in [-0.3, -0.25) is 0 Å². The van der Waals surface area contributed by atoms with E-state index in [1.165, 1.54) is 4.90 Å². The highest BCUT2D eigenvalue weighted by Crippen LogP contribution is 2.18. The smallest absolute Gasteiger partial charge is 0.326 e. The molecule has 17 heavy (non-hydrogen) atoms. The third-order valence-corrected chi connectivity index (χ3v) is 3.29. The summed E-state index contributed by atoms with van der Waals surface area (Å²) in [6, 6.07) is -0.920. The second-order valence-electron chi connectivity index (χ2n) is 4.55.